The van der Waals surface area contributed by atoms with Gasteiger partial charge >= 0.3 is 11.9 Å². The van der Waals surface area contributed by atoms with E-state index >= 15 is 0 Å². The van der Waals surface area contributed by atoms with E-state index in [1.54, 1.807) is 54.6 Å². The minimum Gasteiger partial charge on any atom is -0.482 e. The maximum atomic E-state index is 13.9. The van der Waals surface area contributed by atoms with Crippen molar-refractivity contribution in [2.75, 3.05) is 14.2 Å². The molecule has 6 rings (SSSR count). The number of hydrogen-bond donors (Lipinski definition) is 2. The third-order valence-corrected chi connectivity index (χ3v) is 9.68. The molecule has 0 atom stereocenters. The van der Waals surface area contributed by atoms with Gasteiger partial charge in [-0.25, -0.2) is 27.2 Å². The number of esters is 2. The van der Waals surface area contributed by atoms with Crippen LogP contribution < -0.4 is 31.0 Å². The summed E-state index contributed by atoms with van der Waals surface area (Å²) in [4.78, 5) is 88.0. The fourth-order valence-corrected chi connectivity index (χ4v) is 6.32. The molecule has 4 aromatic carbocycles. The van der Waals surface area contributed by atoms with Crippen molar-refractivity contribution in [2.45, 2.75) is 39.4 Å². The van der Waals surface area contributed by atoms with E-state index in [1.807, 2.05) is 6.07 Å². The maximum Gasteiger partial charge on any atom is 0.358 e. The number of rotatable bonds is 18. The molecule has 0 saturated heterocycles. The fourth-order valence-electron chi connectivity index (χ4n) is 6.32. The minimum atomic E-state index is -0.942. The Morgan fingerprint density at radius 2 is 1.00 bits per heavy atom. The highest BCUT2D eigenvalue weighted by Gasteiger charge is 2.28. The van der Waals surface area contributed by atoms with Crippen LogP contribution in [0.3, 0.4) is 0 Å². The van der Waals surface area contributed by atoms with Crippen LogP contribution in [-0.2, 0) is 53.7 Å². The van der Waals surface area contributed by atoms with Crippen LogP contribution in [0.25, 0.3) is 0 Å². The minimum absolute atomic E-state index is 0.00491. The molecule has 2 aromatic heterocycles. The number of benzene rings is 4. The third-order valence-electron chi connectivity index (χ3n) is 9.68. The molecule has 68 heavy (non-hydrogen) atoms. The first kappa shape index (κ1) is 50.4. The van der Waals surface area contributed by atoms with Crippen molar-refractivity contribution in [1.82, 2.24) is 19.8 Å². The number of aldehydes is 1. The summed E-state index contributed by atoms with van der Waals surface area (Å²) in [5.41, 5.74) is -1.61. The molecule has 0 aliphatic rings. The Morgan fingerprint density at radius 3 is 1.35 bits per heavy atom. The Hall–Kier alpha value is -8.61. The van der Waals surface area contributed by atoms with E-state index in [1.165, 1.54) is 22.9 Å². The SMILES string of the molecule is C=CCn1cc(C(=O)NCc2ccc(F)cc2F)c(=O)c(OCc2ccccc2)c1C(=O)OC.COC(=O)c1c(OCc2ccccc2)c(=O)c(C(=O)NCc2ccc(F)cc2F)cn1CC=O. The lowest BCUT2D eigenvalue weighted by molar-refractivity contribution is -0.108. The van der Waals surface area contributed by atoms with Crippen LogP contribution in [0.15, 0.2) is 132 Å². The van der Waals surface area contributed by atoms with E-state index < -0.39 is 69.2 Å². The van der Waals surface area contributed by atoms with Crippen molar-refractivity contribution >= 4 is 30.0 Å². The predicted molar refractivity (Wildman–Crippen MR) is 237 cm³/mol. The van der Waals surface area contributed by atoms with Crippen LogP contribution in [0.2, 0.25) is 0 Å². The van der Waals surface area contributed by atoms with Crippen molar-refractivity contribution < 1.29 is 60.5 Å². The van der Waals surface area contributed by atoms with E-state index in [9.17, 15) is 51.1 Å². The summed E-state index contributed by atoms with van der Waals surface area (Å²) in [5, 5.41) is 4.81. The molecule has 0 unspecified atom stereocenters. The molecule has 0 bridgehead atoms. The Morgan fingerprint density at radius 1 is 0.603 bits per heavy atom. The lowest BCUT2D eigenvalue weighted by Crippen LogP contribution is -2.32. The molecular formula is C49H42F4N4O11. The first-order valence-electron chi connectivity index (χ1n) is 20.2. The van der Waals surface area contributed by atoms with Gasteiger partial charge in [0.25, 0.3) is 11.8 Å². The first-order valence-corrected chi connectivity index (χ1v) is 20.2. The number of amides is 2. The van der Waals surface area contributed by atoms with Gasteiger partial charge in [0.2, 0.25) is 10.9 Å². The molecule has 0 spiro atoms. The zero-order valence-corrected chi connectivity index (χ0v) is 36.4. The Labute approximate surface area is 385 Å². The Kier molecular flexibility index (Phi) is 17.8. The van der Waals surface area contributed by atoms with Gasteiger partial charge in [0, 0.05) is 55.3 Å². The van der Waals surface area contributed by atoms with Gasteiger partial charge in [-0.2, -0.15) is 0 Å². The van der Waals surface area contributed by atoms with Crippen LogP contribution in [-0.4, -0.2) is 53.4 Å². The van der Waals surface area contributed by atoms with Gasteiger partial charge in [0.15, 0.2) is 22.9 Å². The number of methoxy groups -OCH3 is 2. The van der Waals surface area contributed by atoms with Gasteiger partial charge in [0.1, 0.15) is 53.9 Å². The van der Waals surface area contributed by atoms with Gasteiger partial charge in [-0.15, -0.1) is 6.58 Å². The van der Waals surface area contributed by atoms with Gasteiger partial charge in [-0.1, -0.05) is 78.9 Å². The molecule has 0 aliphatic heterocycles. The molecule has 6 aromatic rings. The quantitative estimate of drug-likeness (QED) is 0.0430. The number of carbonyl (C=O) groups is 5. The highest BCUT2D eigenvalue weighted by molar-refractivity contribution is 5.98. The molecule has 0 saturated carbocycles. The van der Waals surface area contributed by atoms with E-state index in [4.69, 9.17) is 18.9 Å². The zero-order valence-electron chi connectivity index (χ0n) is 36.4. The number of hydrogen-bond acceptors (Lipinski definition) is 11. The van der Waals surface area contributed by atoms with E-state index in [-0.39, 0.29) is 73.2 Å². The Bertz CT molecular complexity index is 2750. The third kappa shape index (κ3) is 12.8. The number of nitrogens with one attached hydrogen (secondary N) is 2. The number of nitrogens with zero attached hydrogens (tertiary/aromatic N) is 2. The van der Waals surface area contributed by atoms with E-state index in [2.05, 4.69) is 17.2 Å². The molecular weight excluding hydrogens is 897 g/mol. The van der Waals surface area contributed by atoms with E-state index in [0.29, 0.717) is 24.0 Å². The molecule has 0 fully saturated rings. The zero-order chi connectivity index (χ0) is 49.3. The number of pyridine rings is 2. The van der Waals surface area contributed by atoms with Crippen molar-refractivity contribution in [3.63, 3.8) is 0 Å². The van der Waals surface area contributed by atoms with Crippen molar-refractivity contribution in [1.29, 1.82) is 0 Å². The first-order chi connectivity index (χ1) is 32.7. The topological polar surface area (TPSA) is 190 Å². The maximum absolute atomic E-state index is 13.9. The molecule has 0 radical (unpaired) electrons. The summed E-state index contributed by atoms with van der Waals surface area (Å²) in [6, 6.07) is 23.5. The summed E-state index contributed by atoms with van der Waals surface area (Å²) < 4.78 is 77.3. The molecule has 352 valence electrons. The summed E-state index contributed by atoms with van der Waals surface area (Å²) in [6.45, 7) is 2.55. The van der Waals surface area contributed by atoms with Crippen LogP contribution in [0.5, 0.6) is 11.5 Å². The fraction of sp³-hybridized carbons (Fsp3) is 0.163. The van der Waals surface area contributed by atoms with Crippen LogP contribution in [0.4, 0.5) is 17.6 Å². The lowest BCUT2D eigenvalue weighted by Gasteiger charge is -2.17. The van der Waals surface area contributed by atoms with Crippen LogP contribution in [0.1, 0.15) is 63.9 Å². The molecule has 2 heterocycles. The lowest BCUT2D eigenvalue weighted by atomic mass is 10.1. The number of aromatic nitrogens is 2. The average molecular weight is 939 g/mol. The number of ether oxygens (including phenoxy) is 4. The summed E-state index contributed by atoms with van der Waals surface area (Å²) in [6.07, 6.45) is 4.14. The standard InChI is InChI=1S/C25H22F2N2O5.C24H20F2N2O6/c1-3-11-29-14-19(24(31)28-13-17-9-10-18(26)12-20(17)27)22(30)23(21(29)25(32)33-2)34-15-16-7-5-4-6-8-16;1-33-24(32)20-22(34-14-15-5-3-2-4-6-15)21(30)18(13-28(20)9-10-29)23(31)27-12-16-7-8-17(25)11-19(16)26/h3-10,12,14H,1,11,13,15H2,2H3,(H,28,31);2-8,10-11,13H,9,12,14H2,1H3,(H,27,31). The normalized spacial score (nSPS) is 10.4. The summed E-state index contributed by atoms with van der Waals surface area (Å²) in [7, 11) is 2.25. The Balaban J connectivity index is 0.000000254. The van der Waals surface area contributed by atoms with Crippen LogP contribution in [0, 0.1) is 23.3 Å². The molecule has 2 amide bonds. The second-order valence-corrected chi connectivity index (χ2v) is 14.2. The predicted octanol–water partition coefficient (Wildman–Crippen LogP) is 6.23. The number of allylic oxidation sites excluding steroid dienone is 1. The molecule has 19 heteroatoms. The van der Waals surface area contributed by atoms with E-state index in [0.717, 1.165) is 48.7 Å². The number of carbonyl (C=O) groups excluding carboxylic acids is 5. The second kappa shape index (κ2) is 24.1. The largest absolute Gasteiger partial charge is 0.482 e. The van der Waals surface area contributed by atoms with Gasteiger partial charge in [-0.3, -0.25) is 19.2 Å². The highest BCUT2D eigenvalue weighted by atomic mass is 19.1. The summed E-state index contributed by atoms with van der Waals surface area (Å²) >= 11 is 0. The molecule has 0 aliphatic carbocycles. The van der Waals surface area contributed by atoms with Crippen molar-refractivity contribution in [3.8, 4) is 11.5 Å². The molecule has 2 N–H and O–H groups in total. The van der Waals surface area contributed by atoms with Crippen LogP contribution >= 0.6 is 0 Å². The van der Waals surface area contributed by atoms with Gasteiger partial charge < -0.3 is 43.5 Å². The molecule has 15 nitrogen and oxygen atoms in total. The number of halogens is 4. The van der Waals surface area contributed by atoms with Crippen molar-refractivity contribution in [3.05, 3.63) is 211 Å². The monoisotopic (exact) mass is 938 g/mol. The van der Waals surface area contributed by atoms with Gasteiger partial charge in [0.05, 0.1) is 20.8 Å². The average Bonchev–Trinajstić information content (AvgIpc) is 3.33. The van der Waals surface area contributed by atoms with Crippen molar-refractivity contribution in [2.24, 2.45) is 0 Å². The second-order valence-electron chi connectivity index (χ2n) is 14.2. The smallest absolute Gasteiger partial charge is 0.358 e. The summed E-state index contributed by atoms with van der Waals surface area (Å²) in [5.74, 6) is -7.58. The highest BCUT2D eigenvalue weighted by Crippen LogP contribution is 2.21. The van der Waals surface area contributed by atoms with Gasteiger partial charge in [-0.05, 0) is 23.3 Å².